The van der Waals surface area contributed by atoms with Gasteiger partial charge in [-0.05, 0) is 25.2 Å². The normalized spacial score (nSPS) is 24.0. The summed E-state index contributed by atoms with van der Waals surface area (Å²) in [6.45, 7) is 1.02. The Labute approximate surface area is 135 Å². The van der Waals surface area contributed by atoms with Gasteiger partial charge in [-0.1, -0.05) is 16.9 Å². The lowest BCUT2D eigenvalue weighted by molar-refractivity contribution is -0.138. The van der Waals surface area contributed by atoms with Gasteiger partial charge < -0.3 is 10.0 Å². The van der Waals surface area contributed by atoms with Gasteiger partial charge >= 0.3 is 5.97 Å². The third-order valence-electron chi connectivity index (χ3n) is 4.74. The summed E-state index contributed by atoms with van der Waals surface area (Å²) in [7, 11) is 1.78. The lowest BCUT2D eigenvalue weighted by Gasteiger charge is -2.16. The van der Waals surface area contributed by atoms with E-state index in [1.165, 1.54) is 5.57 Å². The highest BCUT2D eigenvalue weighted by molar-refractivity contribution is 5.79. The molecule has 1 aliphatic carbocycles. The Hall–Kier alpha value is -2.18. The van der Waals surface area contributed by atoms with Crippen LogP contribution in [0.1, 0.15) is 43.7 Å². The van der Waals surface area contributed by atoms with Gasteiger partial charge in [-0.15, -0.1) is 5.10 Å². The van der Waals surface area contributed by atoms with E-state index < -0.39 is 5.97 Å². The highest BCUT2D eigenvalue weighted by Crippen LogP contribution is 2.34. The Balaban J connectivity index is 1.71. The van der Waals surface area contributed by atoms with Gasteiger partial charge in [0.15, 0.2) is 0 Å². The van der Waals surface area contributed by atoms with E-state index in [2.05, 4.69) is 16.4 Å². The van der Waals surface area contributed by atoms with E-state index in [9.17, 15) is 9.59 Å². The van der Waals surface area contributed by atoms with Gasteiger partial charge in [0.1, 0.15) is 0 Å². The minimum Gasteiger partial charge on any atom is -0.481 e. The molecule has 0 bridgehead atoms. The Bertz CT molecular complexity index is 637. The molecule has 1 amide bonds. The van der Waals surface area contributed by atoms with Crippen LogP contribution in [0.3, 0.4) is 0 Å². The summed E-state index contributed by atoms with van der Waals surface area (Å²) < 4.78 is 1.61. The second-order valence-corrected chi connectivity index (χ2v) is 6.51. The maximum absolute atomic E-state index is 12.5. The summed E-state index contributed by atoms with van der Waals surface area (Å²) in [4.78, 5) is 25.4. The molecule has 23 heavy (non-hydrogen) atoms. The van der Waals surface area contributed by atoms with Crippen molar-refractivity contribution in [3.63, 3.8) is 0 Å². The number of nitrogens with zero attached hydrogens (tertiary/aromatic N) is 4. The largest absolute Gasteiger partial charge is 0.481 e. The predicted molar refractivity (Wildman–Crippen MR) is 82.6 cm³/mol. The molecule has 1 aliphatic heterocycles. The van der Waals surface area contributed by atoms with Crippen molar-refractivity contribution in [2.45, 2.75) is 38.0 Å². The zero-order valence-corrected chi connectivity index (χ0v) is 13.3. The van der Waals surface area contributed by atoms with Crippen LogP contribution in [0, 0.1) is 5.92 Å². The topological polar surface area (TPSA) is 88.3 Å². The average molecular weight is 318 g/mol. The summed E-state index contributed by atoms with van der Waals surface area (Å²) in [5, 5.41) is 17.2. The Kier molecular flexibility index (Phi) is 4.45. The first-order chi connectivity index (χ1) is 11.0. The number of likely N-dealkylation sites (tertiary alicyclic amines) is 1. The molecular weight excluding hydrogens is 296 g/mol. The molecule has 7 nitrogen and oxygen atoms in total. The maximum Gasteiger partial charge on any atom is 0.303 e. The number of aliphatic carboxylic acids is 1. The van der Waals surface area contributed by atoms with Crippen LogP contribution in [-0.4, -0.2) is 50.0 Å². The minimum atomic E-state index is -0.836. The van der Waals surface area contributed by atoms with Gasteiger partial charge in [-0.3, -0.25) is 14.3 Å². The fourth-order valence-electron chi connectivity index (χ4n) is 3.58. The molecule has 0 radical (unpaired) electrons. The average Bonchev–Trinajstić information content (AvgIpc) is 3.19. The molecule has 1 N–H and O–H groups in total. The molecule has 0 saturated carbocycles. The number of carboxylic acids is 1. The third kappa shape index (κ3) is 3.60. The number of hydrogen-bond donors (Lipinski definition) is 1. The number of carboxylic acid groups (broad SMARTS) is 1. The third-order valence-corrected chi connectivity index (χ3v) is 4.74. The monoisotopic (exact) mass is 318 g/mol. The number of allylic oxidation sites excluding steroid dienone is 1. The zero-order chi connectivity index (χ0) is 16.4. The number of rotatable bonds is 5. The fourth-order valence-corrected chi connectivity index (χ4v) is 3.58. The van der Waals surface area contributed by atoms with Crippen molar-refractivity contribution in [3.8, 4) is 0 Å². The van der Waals surface area contributed by atoms with E-state index in [1.54, 1.807) is 16.6 Å². The number of aromatic nitrogens is 3. The van der Waals surface area contributed by atoms with Crippen LogP contribution in [0.4, 0.5) is 0 Å². The number of carbonyl (C=O) groups excluding carboxylic acids is 1. The second-order valence-electron chi connectivity index (χ2n) is 6.51. The molecule has 2 heterocycles. The molecule has 124 valence electrons. The van der Waals surface area contributed by atoms with Crippen molar-refractivity contribution in [2.75, 3.05) is 13.1 Å². The zero-order valence-electron chi connectivity index (χ0n) is 13.3. The van der Waals surface area contributed by atoms with Crippen molar-refractivity contribution < 1.29 is 14.7 Å². The Morgan fingerprint density at radius 1 is 1.39 bits per heavy atom. The van der Waals surface area contributed by atoms with E-state index >= 15 is 0 Å². The van der Waals surface area contributed by atoms with E-state index in [4.69, 9.17) is 5.11 Å². The SMILES string of the molecule is Cn1cc([C@@H]2CN(C(=O)CC3=CCCC3)C[C@@H]2CC(=O)O)nn1. The maximum atomic E-state index is 12.5. The summed E-state index contributed by atoms with van der Waals surface area (Å²) in [5.74, 6) is -0.899. The summed E-state index contributed by atoms with van der Waals surface area (Å²) in [6, 6.07) is 0. The lowest BCUT2D eigenvalue weighted by atomic mass is 9.91. The van der Waals surface area contributed by atoms with Crippen LogP contribution in [0.25, 0.3) is 0 Å². The minimum absolute atomic E-state index is 0.0493. The number of aryl methyl sites for hydroxylation is 1. The van der Waals surface area contributed by atoms with Crippen LogP contribution >= 0.6 is 0 Å². The lowest BCUT2D eigenvalue weighted by Crippen LogP contribution is -2.29. The van der Waals surface area contributed by atoms with Gasteiger partial charge in [-0.25, -0.2) is 0 Å². The van der Waals surface area contributed by atoms with Crippen molar-refractivity contribution in [1.82, 2.24) is 19.9 Å². The number of carbonyl (C=O) groups is 2. The molecule has 1 aromatic heterocycles. The van der Waals surface area contributed by atoms with Crippen LogP contribution in [0.2, 0.25) is 0 Å². The molecule has 2 atom stereocenters. The molecule has 0 spiro atoms. The summed E-state index contributed by atoms with van der Waals surface area (Å²) in [6.07, 6.45) is 7.68. The first-order valence-electron chi connectivity index (χ1n) is 8.06. The molecule has 0 aromatic carbocycles. The number of amides is 1. The van der Waals surface area contributed by atoms with Crippen LogP contribution in [0.5, 0.6) is 0 Å². The van der Waals surface area contributed by atoms with Crippen LogP contribution in [-0.2, 0) is 16.6 Å². The quantitative estimate of drug-likeness (QED) is 0.828. The molecule has 1 aromatic rings. The van der Waals surface area contributed by atoms with Gasteiger partial charge in [0.25, 0.3) is 0 Å². The molecule has 3 rings (SSSR count). The standard InChI is InChI=1S/C16H22N4O3/c1-19-10-14(17-18-19)13-9-20(8-12(13)7-16(22)23)15(21)6-11-4-2-3-5-11/h4,10,12-13H,2-3,5-9H2,1H3,(H,22,23)/t12-,13+/m0/s1. The van der Waals surface area contributed by atoms with Gasteiger partial charge in [-0.2, -0.15) is 0 Å². The Morgan fingerprint density at radius 2 is 2.22 bits per heavy atom. The first-order valence-corrected chi connectivity index (χ1v) is 8.06. The first kappa shape index (κ1) is 15.7. The van der Waals surface area contributed by atoms with Crippen LogP contribution < -0.4 is 0 Å². The van der Waals surface area contributed by atoms with E-state index in [0.717, 1.165) is 25.0 Å². The van der Waals surface area contributed by atoms with Gasteiger partial charge in [0.2, 0.25) is 5.91 Å². The van der Waals surface area contributed by atoms with Crippen molar-refractivity contribution in [3.05, 3.63) is 23.5 Å². The van der Waals surface area contributed by atoms with Crippen molar-refractivity contribution >= 4 is 11.9 Å². The van der Waals surface area contributed by atoms with Crippen LogP contribution in [0.15, 0.2) is 17.8 Å². The fraction of sp³-hybridized carbons (Fsp3) is 0.625. The molecule has 0 unspecified atom stereocenters. The van der Waals surface area contributed by atoms with E-state index in [1.807, 2.05) is 6.20 Å². The van der Waals surface area contributed by atoms with Gasteiger partial charge in [0.05, 0.1) is 12.1 Å². The number of hydrogen-bond acceptors (Lipinski definition) is 4. The summed E-state index contributed by atoms with van der Waals surface area (Å²) in [5.41, 5.74) is 1.99. The van der Waals surface area contributed by atoms with Crippen molar-refractivity contribution in [2.24, 2.45) is 13.0 Å². The second kappa shape index (κ2) is 6.52. The smallest absolute Gasteiger partial charge is 0.303 e. The highest BCUT2D eigenvalue weighted by Gasteiger charge is 2.38. The summed E-state index contributed by atoms with van der Waals surface area (Å²) >= 11 is 0. The molecule has 7 heteroatoms. The van der Waals surface area contributed by atoms with E-state index in [-0.39, 0.29) is 24.2 Å². The van der Waals surface area contributed by atoms with Crippen molar-refractivity contribution in [1.29, 1.82) is 0 Å². The predicted octanol–water partition coefficient (Wildman–Crippen LogP) is 1.33. The molecule has 2 aliphatic rings. The molecule has 1 fully saturated rings. The van der Waals surface area contributed by atoms with E-state index in [0.29, 0.717) is 19.5 Å². The highest BCUT2D eigenvalue weighted by atomic mass is 16.4. The van der Waals surface area contributed by atoms with Gasteiger partial charge in [0, 0.05) is 38.7 Å². The Morgan fingerprint density at radius 3 is 2.83 bits per heavy atom. The molecular formula is C16H22N4O3. The molecule has 1 saturated heterocycles.